The molecule has 5 nitrogen and oxygen atoms in total. The number of carbonyl (C=O) groups excluding carboxylic acids is 1. The fourth-order valence-electron chi connectivity index (χ4n) is 2.18. The van der Waals surface area contributed by atoms with Crippen molar-refractivity contribution in [2.45, 2.75) is 25.9 Å². The summed E-state index contributed by atoms with van der Waals surface area (Å²) in [6, 6.07) is 11.5. The van der Waals surface area contributed by atoms with Crippen molar-refractivity contribution in [3.63, 3.8) is 0 Å². The van der Waals surface area contributed by atoms with Gasteiger partial charge in [0.1, 0.15) is 25.3 Å². The molecule has 1 fully saturated rings. The number of aromatic nitrogens is 2. The van der Waals surface area contributed by atoms with E-state index in [0.717, 1.165) is 23.6 Å². The average Bonchev–Trinajstić information content (AvgIpc) is 3.36. The molecule has 0 spiro atoms. The van der Waals surface area contributed by atoms with Crippen LogP contribution in [-0.2, 0) is 22.6 Å². The van der Waals surface area contributed by atoms with Gasteiger partial charge in [0.05, 0.1) is 0 Å². The number of esters is 1. The van der Waals surface area contributed by atoms with Crippen LogP contribution in [0.5, 0.6) is 0 Å². The quantitative estimate of drug-likeness (QED) is 0.796. The number of nitrogens with one attached hydrogen (secondary N) is 1. The highest BCUT2D eigenvalue weighted by Crippen LogP contribution is 2.32. The van der Waals surface area contributed by atoms with Crippen LogP contribution in [0.2, 0.25) is 0 Å². The third-order valence-corrected chi connectivity index (χ3v) is 3.57. The Kier molecular flexibility index (Phi) is 4.63. The van der Waals surface area contributed by atoms with Crippen molar-refractivity contribution in [2.24, 2.45) is 5.92 Å². The molecule has 1 N–H and O–H groups in total. The molecule has 1 aliphatic rings. The zero-order chi connectivity index (χ0) is 15.2. The van der Waals surface area contributed by atoms with Crippen molar-refractivity contribution < 1.29 is 9.53 Å². The zero-order valence-electron chi connectivity index (χ0n) is 12.4. The van der Waals surface area contributed by atoms with Crippen LogP contribution in [0.1, 0.15) is 24.1 Å². The van der Waals surface area contributed by atoms with Crippen LogP contribution in [0.15, 0.2) is 42.7 Å². The van der Waals surface area contributed by atoms with E-state index < -0.39 is 0 Å². The first-order chi connectivity index (χ1) is 10.8. The molecule has 0 aliphatic heterocycles. The lowest BCUT2D eigenvalue weighted by Crippen LogP contribution is -2.17. The van der Waals surface area contributed by atoms with E-state index in [1.54, 1.807) is 0 Å². The van der Waals surface area contributed by atoms with Gasteiger partial charge in [0.2, 0.25) is 0 Å². The first-order valence-electron chi connectivity index (χ1n) is 7.54. The monoisotopic (exact) mass is 297 g/mol. The van der Waals surface area contributed by atoms with Gasteiger partial charge >= 0.3 is 5.97 Å². The predicted octanol–water partition coefficient (Wildman–Crippen LogP) is 2.58. The Morgan fingerprint density at radius 2 is 2.05 bits per heavy atom. The molecule has 1 aliphatic carbocycles. The number of ether oxygens (including phenoxy) is 1. The average molecular weight is 297 g/mol. The lowest BCUT2D eigenvalue weighted by molar-refractivity contribution is -0.142. The number of hydrogen-bond acceptors (Lipinski definition) is 5. The molecule has 2 aromatic rings. The summed E-state index contributed by atoms with van der Waals surface area (Å²) < 4.78 is 5.21. The largest absolute Gasteiger partial charge is 0.460 e. The normalized spacial score (nSPS) is 13.6. The molecule has 1 aromatic carbocycles. The van der Waals surface area contributed by atoms with E-state index in [1.165, 1.54) is 19.2 Å². The summed E-state index contributed by atoms with van der Waals surface area (Å²) >= 11 is 0. The van der Waals surface area contributed by atoms with Crippen molar-refractivity contribution >= 4 is 11.8 Å². The van der Waals surface area contributed by atoms with Gasteiger partial charge in [-0.2, -0.15) is 0 Å². The Labute approximate surface area is 129 Å². The highest BCUT2D eigenvalue weighted by atomic mass is 16.5. The Morgan fingerprint density at radius 1 is 1.23 bits per heavy atom. The van der Waals surface area contributed by atoms with E-state index in [1.807, 2.05) is 36.4 Å². The van der Waals surface area contributed by atoms with Gasteiger partial charge in [-0.05, 0) is 30.7 Å². The van der Waals surface area contributed by atoms with Gasteiger partial charge in [0.25, 0.3) is 0 Å². The fourth-order valence-corrected chi connectivity index (χ4v) is 2.18. The van der Waals surface area contributed by atoms with Crippen LogP contribution in [0.4, 0.5) is 5.82 Å². The van der Waals surface area contributed by atoms with Crippen LogP contribution in [0.3, 0.4) is 0 Å². The fraction of sp³-hybridized carbons (Fsp3) is 0.353. The molecule has 22 heavy (non-hydrogen) atoms. The molecule has 114 valence electrons. The molecular formula is C17H19N3O2. The third kappa shape index (κ3) is 4.55. The number of nitrogens with zero attached hydrogens (tertiary/aromatic N) is 2. The van der Waals surface area contributed by atoms with E-state index >= 15 is 0 Å². The smallest absolute Gasteiger partial charge is 0.325 e. The molecule has 3 rings (SSSR count). The first kappa shape index (κ1) is 14.5. The number of hydrogen-bond donors (Lipinski definition) is 1. The Balaban J connectivity index is 1.44. The number of anilines is 1. The maximum atomic E-state index is 11.7. The Morgan fingerprint density at radius 3 is 2.82 bits per heavy atom. The molecule has 5 heteroatoms. The van der Waals surface area contributed by atoms with Crippen LogP contribution < -0.4 is 5.32 Å². The molecule has 0 atom stereocenters. The van der Waals surface area contributed by atoms with E-state index in [2.05, 4.69) is 15.3 Å². The molecule has 1 aromatic heterocycles. The summed E-state index contributed by atoms with van der Waals surface area (Å²) in [5.74, 6) is 1.15. The molecule has 0 unspecified atom stereocenters. The summed E-state index contributed by atoms with van der Waals surface area (Å²) in [6.45, 7) is 0.394. The second kappa shape index (κ2) is 7.02. The second-order valence-corrected chi connectivity index (χ2v) is 5.54. The van der Waals surface area contributed by atoms with Crippen LogP contribution in [0, 0.1) is 5.92 Å². The van der Waals surface area contributed by atoms with Crippen molar-refractivity contribution in [3.05, 3.63) is 54.0 Å². The number of rotatable bonds is 7. The van der Waals surface area contributed by atoms with E-state index in [-0.39, 0.29) is 19.1 Å². The van der Waals surface area contributed by atoms with Crippen LogP contribution >= 0.6 is 0 Å². The minimum Gasteiger partial charge on any atom is -0.460 e. The van der Waals surface area contributed by atoms with E-state index in [0.29, 0.717) is 5.82 Å². The Bertz CT molecular complexity index is 627. The van der Waals surface area contributed by atoms with Crippen molar-refractivity contribution in [3.8, 4) is 0 Å². The van der Waals surface area contributed by atoms with Crippen molar-refractivity contribution in [2.75, 3.05) is 11.9 Å². The minimum absolute atomic E-state index is 0.104. The molecule has 1 saturated carbocycles. The van der Waals surface area contributed by atoms with Crippen molar-refractivity contribution in [1.29, 1.82) is 0 Å². The van der Waals surface area contributed by atoms with Gasteiger partial charge in [-0.15, -0.1) is 0 Å². The van der Waals surface area contributed by atoms with Gasteiger partial charge in [-0.25, -0.2) is 9.97 Å². The number of carbonyl (C=O) groups is 1. The highest BCUT2D eigenvalue weighted by molar-refractivity contribution is 5.74. The molecule has 0 amide bonds. The molecule has 0 radical (unpaired) electrons. The SMILES string of the molecule is O=C(CNc1cc(CC2CC2)ncn1)OCc1ccccc1. The van der Waals surface area contributed by atoms with E-state index in [4.69, 9.17) is 4.74 Å². The summed E-state index contributed by atoms with van der Waals surface area (Å²) in [6.07, 6.45) is 5.11. The summed E-state index contributed by atoms with van der Waals surface area (Å²) in [5, 5.41) is 2.99. The topological polar surface area (TPSA) is 64.1 Å². The lowest BCUT2D eigenvalue weighted by Gasteiger charge is -2.07. The van der Waals surface area contributed by atoms with Gasteiger partial charge in [-0.1, -0.05) is 30.3 Å². The first-order valence-corrected chi connectivity index (χ1v) is 7.54. The molecule has 1 heterocycles. The van der Waals surface area contributed by atoms with Gasteiger partial charge in [0, 0.05) is 11.8 Å². The van der Waals surface area contributed by atoms with Crippen molar-refractivity contribution in [1.82, 2.24) is 9.97 Å². The van der Waals surface area contributed by atoms with Gasteiger partial charge in [-0.3, -0.25) is 4.79 Å². The highest BCUT2D eigenvalue weighted by Gasteiger charge is 2.22. The molecular weight excluding hydrogens is 278 g/mol. The maximum Gasteiger partial charge on any atom is 0.325 e. The van der Waals surface area contributed by atoms with Gasteiger partial charge < -0.3 is 10.1 Å². The minimum atomic E-state index is -0.300. The zero-order valence-corrected chi connectivity index (χ0v) is 12.4. The number of benzene rings is 1. The maximum absolute atomic E-state index is 11.7. The standard InChI is InChI=1S/C17H19N3O2/c21-17(22-11-14-4-2-1-3-5-14)10-18-16-9-15(19-12-20-16)8-13-6-7-13/h1-5,9,12-13H,6-8,10-11H2,(H,18,19,20). The van der Waals surface area contributed by atoms with E-state index in [9.17, 15) is 4.79 Å². The van der Waals surface area contributed by atoms with Gasteiger partial charge in [0.15, 0.2) is 0 Å². The predicted molar refractivity (Wildman–Crippen MR) is 83.2 cm³/mol. The molecule has 0 saturated heterocycles. The summed E-state index contributed by atoms with van der Waals surface area (Å²) in [7, 11) is 0. The molecule has 0 bridgehead atoms. The third-order valence-electron chi connectivity index (χ3n) is 3.57. The second-order valence-electron chi connectivity index (χ2n) is 5.54. The summed E-state index contributed by atoms with van der Waals surface area (Å²) in [4.78, 5) is 20.1. The lowest BCUT2D eigenvalue weighted by atomic mass is 10.2. The van der Waals surface area contributed by atoms with Crippen LogP contribution in [-0.4, -0.2) is 22.5 Å². The van der Waals surface area contributed by atoms with Crippen LogP contribution in [0.25, 0.3) is 0 Å². The summed E-state index contributed by atoms with van der Waals surface area (Å²) in [5.41, 5.74) is 2.00. The Hall–Kier alpha value is -2.43.